The largest absolute Gasteiger partial charge is 0.390 e. The first-order valence-electron chi connectivity index (χ1n) is 12.9. The highest BCUT2D eigenvalue weighted by atomic mass is 19.1. The molecule has 7 heteroatoms. The van der Waals surface area contributed by atoms with Gasteiger partial charge in [0.15, 0.2) is 0 Å². The molecule has 188 valence electrons. The van der Waals surface area contributed by atoms with E-state index in [-0.39, 0.29) is 18.3 Å². The monoisotopic (exact) mass is 488 g/mol. The quantitative estimate of drug-likeness (QED) is 0.558. The van der Waals surface area contributed by atoms with E-state index in [0.717, 1.165) is 25.2 Å². The Labute approximate surface area is 211 Å². The van der Waals surface area contributed by atoms with Crippen LogP contribution in [0, 0.1) is 5.82 Å². The highest BCUT2D eigenvalue weighted by molar-refractivity contribution is 5.94. The Morgan fingerprint density at radius 1 is 1.08 bits per heavy atom. The standard InChI is InChI=1S/C29H33FN4O2/c1-31-17-24(35)18-33-19-34(23-10-8-22(30)9-11-23)29(28(33)36)12-14-32(15-13-29)26-16-21-6-2-4-20-5-3-7-25(26)27(20)21/h2-11,24,26,31,35H,12-19H2,1H3/t24-,26+/m0/s1. The lowest BCUT2D eigenvalue weighted by Crippen LogP contribution is -2.57. The lowest BCUT2D eigenvalue weighted by atomic mass is 9.84. The molecule has 2 saturated heterocycles. The van der Waals surface area contributed by atoms with Gasteiger partial charge in [0.1, 0.15) is 11.4 Å². The van der Waals surface area contributed by atoms with Crippen molar-refractivity contribution in [2.45, 2.75) is 36.9 Å². The number of hydrogen-bond acceptors (Lipinski definition) is 5. The van der Waals surface area contributed by atoms with Crippen LogP contribution in [0.2, 0.25) is 0 Å². The highest BCUT2D eigenvalue weighted by Gasteiger charge is 2.54. The number of carbonyl (C=O) groups is 1. The van der Waals surface area contributed by atoms with E-state index >= 15 is 0 Å². The van der Waals surface area contributed by atoms with Gasteiger partial charge in [0.25, 0.3) is 0 Å². The predicted octanol–water partition coefficient (Wildman–Crippen LogP) is 3.30. The maximum atomic E-state index is 13.9. The number of anilines is 1. The molecular weight excluding hydrogens is 455 g/mol. The molecule has 2 fully saturated rings. The molecule has 0 bridgehead atoms. The molecule has 1 spiro atoms. The molecule has 3 aromatic rings. The van der Waals surface area contributed by atoms with Gasteiger partial charge < -0.3 is 20.2 Å². The molecule has 3 aliphatic rings. The third-order valence-corrected chi connectivity index (χ3v) is 8.38. The van der Waals surface area contributed by atoms with E-state index in [4.69, 9.17) is 0 Å². The molecule has 0 radical (unpaired) electrons. The molecule has 0 saturated carbocycles. The maximum Gasteiger partial charge on any atom is 0.250 e. The molecule has 1 amide bonds. The maximum absolute atomic E-state index is 13.9. The molecule has 2 atom stereocenters. The Hall–Kier alpha value is -3.00. The molecule has 0 unspecified atom stereocenters. The van der Waals surface area contributed by atoms with Gasteiger partial charge in [-0.1, -0.05) is 36.4 Å². The van der Waals surface area contributed by atoms with Crippen molar-refractivity contribution in [1.82, 2.24) is 15.1 Å². The molecular formula is C29H33FN4O2. The van der Waals surface area contributed by atoms with Crippen LogP contribution in [-0.4, -0.2) is 72.4 Å². The van der Waals surface area contributed by atoms with Gasteiger partial charge >= 0.3 is 0 Å². The normalized spacial score (nSPS) is 22.2. The topological polar surface area (TPSA) is 59.1 Å². The molecule has 36 heavy (non-hydrogen) atoms. The summed E-state index contributed by atoms with van der Waals surface area (Å²) in [5, 5.41) is 16.1. The second kappa shape index (κ2) is 9.14. The summed E-state index contributed by atoms with van der Waals surface area (Å²) in [4.78, 5) is 20.3. The number of nitrogens with one attached hydrogen (secondary N) is 1. The van der Waals surface area contributed by atoms with E-state index in [1.54, 1.807) is 24.1 Å². The van der Waals surface area contributed by atoms with Crippen molar-refractivity contribution in [3.8, 4) is 0 Å². The van der Waals surface area contributed by atoms with E-state index in [1.165, 1.54) is 34.0 Å². The van der Waals surface area contributed by atoms with Crippen molar-refractivity contribution in [2.75, 3.05) is 44.8 Å². The van der Waals surface area contributed by atoms with Gasteiger partial charge in [-0.05, 0) is 72.5 Å². The van der Waals surface area contributed by atoms with Crippen molar-refractivity contribution >= 4 is 22.4 Å². The minimum atomic E-state index is -0.675. The number of aliphatic hydroxyl groups excluding tert-OH is 1. The zero-order valence-electron chi connectivity index (χ0n) is 20.7. The summed E-state index contributed by atoms with van der Waals surface area (Å²) in [6, 6.07) is 19.9. The molecule has 6 nitrogen and oxygen atoms in total. The smallest absolute Gasteiger partial charge is 0.250 e. The van der Waals surface area contributed by atoms with Crippen LogP contribution in [0.25, 0.3) is 10.8 Å². The lowest BCUT2D eigenvalue weighted by Gasteiger charge is -2.45. The van der Waals surface area contributed by atoms with Crippen LogP contribution in [0.5, 0.6) is 0 Å². The first-order chi connectivity index (χ1) is 17.5. The number of amides is 1. The second-order valence-electron chi connectivity index (χ2n) is 10.4. The molecule has 6 rings (SSSR count). The van der Waals surface area contributed by atoms with Crippen LogP contribution in [-0.2, 0) is 11.2 Å². The Bertz CT molecular complexity index is 1270. The summed E-state index contributed by atoms with van der Waals surface area (Å²) in [6.45, 7) is 2.73. The molecule has 2 heterocycles. The molecule has 3 aromatic carbocycles. The number of nitrogens with zero attached hydrogens (tertiary/aromatic N) is 3. The highest BCUT2D eigenvalue weighted by Crippen LogP contribution is 2.45. The van der Waals surface area contributed by atoms with Crippen LogP contribution >= 0.6 is 0 Å². The van der Waals surface area contributed by atoms with E-state index < -0.39 is 11.6 Å². The number of aliphatic hydroxyl groups is 1. The Morgan fingerprint density at radius 3 is 2.53 bits per heavy atom. The van der Waals surface area contributed by atoms with Crippen molar-refractivity contribution < 1.29 is 14.3 Å². The van der Waals surface area contributed by atoms with Crippen molar-refractivity contribution in [2.24, 2.45) is 0 Å². The van der Waals surface area contributed by atoms with Gasteiger partial charge in [0, 0.05) is 37.9 Å². The third-order valence-electron chi connectivity index (χ3n) is 8.38. The predicted molar refractivity (Wildman–Crippen MR) is 139 cm³/mol. The van der Waals surface area contributed by atoms with E-state index in [9.17, 15) is 14.3 Å². The van der Waals surface area contributed by atoms with Crippen molar-refractivity contribution in [3.05, 3.63) is 77.6 Å². The summed E-state index contributed by atoms with van der Waals surface area (Å²) in [7, 11) is 1.79. The van der Waals surface area contributed by atoms with Gasteiger partial charge in [-0.15, -0.1) is 0 Å². The fourth-order valence-electron chi connectivity index (χ4n) is 6.66. The van der Waals surface area contributed by atoms with E-state index in [0.29, 0.717) is 32.1 Å². The fraction of sp³-hybridized carbons (Fsp3) is 0.414. The van der Waals surface area contributed by atoms with Gasteiger partial charge in [-0.25, -0.2) is 4.39 Å². The number of β-amino-alcohol motifs (C(OH)–C–C–N with tert-alkyl or cyclic N) is 1. The average molecular weight is 489 g/mol. The van der Waals surface area contributed by atoms with Crippen molar-refractivity contribution in [1.29, 1.82) is 0 Å². The Kier molecular flexibility index (Phi) is 5.94. The second-order valence-corrected chi connectivity index (χ2v) is 10.4. The van der Waals surface area contributed by atoms with Crippen LogP contribution in [0.15, 0.2) is 60.7 Å². The first kappa shape index (κ1) is 23.4. The number of piperidine rings is 1. The number of likely N-dealkylation sites (N-methyl/N-ethyl adjacent to an activating group) is 1. The van der Waals surface area contributed by atoms with Gasteiger partial charge in [0.05, 0.1) is 12.8 Å². The van der Waals surface area contributed by atoms with Crippen LogP contribution in [0.1, 0.15) is 30.0 Å². The van der Waals surface area contributed by atoms with Gasteiger partial charge in [0.2, 0.25) is 5.91 Å². The number of rotatable bonds is 6. The molecule has 1 aliphatic carbocycles. The summed E-state index contributed by atoms with van der Waals surface area (Å²) >= 11 is 0. The third kappa shape index (κ3) is 3.77. The Balaban J connectivity index is 1.26. The average Bonchev–Trinajstić information content (AvgIpc) is 3.38. The van der Waals surface area contributed by atoms with Crippen molar-refractivity contribution in [3.63, 3.8) is 0 Å². The summed E-state index contributed by atoms with van der Waals surface area (Å²) in [5.41, 5.74) is 2.97. The SMILES string of the molecule is CNC[C@H](O)CN1CN(c2ccc(F)cc2)C2(CCN([C@@H]3Cc4cccc5cccc3c45)CC2)C1=O. The molecule has 2 N–H and O–H groups in total. The van der Waals surface area contributed by atoms with Gasteiger partial charge in [-0.2, -0.15) is 0 Å². The molecule has 2 aliphatic heterocycles. The summed E-state index contributed by atoms with van der Waals surface area (Å²) < 4.78 is 13.7. The van der Waals surface area contributed by atoms with E-state index in [2.05, 4.69) is 51.5 Å². The zero-order valence-corrected chi connectivity index (χ0v) is 20.7. The fourth-order valence-corrected chi connectivity index (χ4v) is 6.66. The van der Waals surface area contributed by atoms with E-state index in [1.807, 2.05) is 0 Å². The zero-order chi connectivity index (χ0) is 24.9. The summed E-state index contributed by atoms with van der Waals surface area (Å²) in [5.74, 6) is -0.220. The summed E-state index contributed by atoms with van der Waals surface area (Å²) in [6.07, 6.45) is 1.76. The van der Waals surface area contributed by atoms with Gasteiger partial charge in [-0.3, -0.25) is 9.69 Å². The number of likely N-dealkylation sites (tertiary alicyclic amines) is 1. The number of benzene rings is 3. The number of hydrogen-bond donors (Lipinski definition) is 2. The van der Waals surface area contributed by atoms with Crippen LogP contribution < -0.4 is 10.2 Å². The van der Waals surface area contributed by atoms with Crippen LogP contribution in [0.4, 0.5) is 10.1 Å². The number of halogens is 1. The minimum absolute atomic E-state index is 0.0680. The molecule has 0 aromatic heterocycles. The number of carbonyl (C=O) groups excluding carboxylic acids is 1. The van der Waals surface area contributed by atoms with Crippen LogP contribution in [0.3, 0.4) is 0 Å². The first-order valence-corrected chi connectivity index (χ1v) is 12.9. The Morgan fingerprint density at radius 2 is 1.81 bits per heavy atom. The minimum Gasteiger partial charge on any atom is -0.390 e. The lowest BCUT2D eigenvalue weighted by molar-refractivity contribution is -0.135.